The van der Waals surface area contributed by atoms with Crippen LogP contribution in [0.3, 0.4) is 0 Å². The largest absolute Gasteiger partial charge is 0.341 e. The highest BCUT2D eigenvalue weighted by molar-refractivity contribution is 5.74. The fourth-order valence-corrected chi connectivity index (χ4v) is 2.28. The molecule has 0 aliphatic rings. The van der Waals surface area contributed by atoms with Crippen LogP contribution in [0.1, 0.15) is 51.9 Å². The van der Waals surface area contributed by atoms with Gasteiger partial charge in [0.25, 0.3) is 0 Å². The van der Waals surface area contributed by atoms with Crippen LogP contribution in [0.25, 0.3) is 11.0 Å². The zero-order chi connectivity index (χ0) is 13.0. The SMILES string of the molecule is CCCCC(C)NC(C)c1nc2ccccc2[nH]1. The Morgan fingerprint density at radius 1 is 1.28 bits per heavy atom. The first-order valence-corrected chi connectivity index (χ1v) is 6.91. The quantitative estimate of drug-likeness (QED) is 0.813. The van der Waals surface area contributed by atoms with Crippen molar-refractivity contribution in [3.8, 4) is 0 Å². The van der Waals surface area contributed by atoms with Gasteiger partial charge in [-0.05, 0) is 32.4 Å². The number of H-pyrrole nitrogens is 1. The molecule has 3 heteroatoms. The molecular formula is C15H23N3. The van der Waals surface area contributed by atoms with Crippen LogP contribution in [0.4, 0.5) is 0 Å². The van der Waals surface area contributed by atoms with E-state index in [0.717, 1.165) is 16.9 Å². The third-order valence-electron chi connectivity index (χ3n) is 3.34. The molecule has 2 N–H and O–H groups in total. The number of imidazole rings is 1. The Bertz CT molecular complexity index is 456. The molecule has 0 spiro atoms. The summed E-state index contributed by atoms with van der Waals surface area (Å²) in [7, 11) is 0. The maximum Gasteiger partial charge on any atom is 0.124 e. The lowest BCUT2D eigenvalue weighted by molar-refractivity contribution is 0.435. The highest BCUT2D eigenvalue weighted by Crippen LogP contribution is 2.16. The first-order chi connectivity index (χ1) is 8.70. The fraction of sp³-hybridized carbons (Fsp3) is 0.533. The molecule has 0 aliphatic heterocycles. The van der Waals surface area contributed by atoms with Crippen molar-refractivity contribution in [2.45, 2.75) is 52.1 Å². The van der Waals surface area contributed by atoms with Crippen LogP contribution in [0.2, 0.25) is 0 Å². The third kappa shape index (κ3) is 3.10. The molecule has 98 valence electrons. The fourth-order valence-electron chi connectivity index (χ4n) is 2.28. The Hall–Kier alpha value is -1.35. The number of nitrogens with zero attached hydrogens (tertiary/aromatic N) is 1. The third-order valence-corrected chi connectivity index (χ3v) is 3.34. The van der Waals surface area contributed by atoms with E-state index in [1.807, 2.05) is 18.2 Å². The molecule has 2 unspecified atom stereocenters. The minimum Gasteiger partial charge on any atom is -0.341 e. The van der Waals surface area contributed by atoms with E-state index in [9.17, 15) is 0 Å². The zero-order valence-electron chi connectivity index (χ0n) is 11.5. The molecule has 18 heavy (non-hydrogen) atoms. The molecule has 2 rings (SSSR count). The van der Waals surface area contributed by atoms with Crippen LogP contribution in [-0.4, -0.2) is 16.0 Å². The van der Waals surface area contributed by atoms with E-state index in [0.29, 0.717) is 6.04 Å². The monoisotopic (exact) mass is 245 g/mol. The molecule has 1 aromatic carbocycles. The first-order valence-electron chi connectivity index (χ1n) is 6.91. The van der Waals surface area contributed by atoms with Crippen molar-refractivity contribution in [1.82, 2.24) is 15.3 Å². The van der Waals surface area contributed by atoms with Crippen molar-refractivity contribution in [3.63, 3.8) is 0 Å². The molecule has 1 heterocycles. The van der Waals surface area contributed by atoms with E-state index < -0.39 is 0 Å². The van der Waals surface area contributed by atoms with Crippen molar-refractivity contribution in [3.05, 3.63) is 30.1 Å². The number of rotatable bonds is 6. The summed E-state index contributed by atoms with van der Waals surface area (Å²) in [4.78, 5) is 8.01. The summed E-state index contributed by atoms with van der Waals surface area (Å²) in [5.41, 5.74) is 2.16. The molecule has 0 fully saturated rings. The summed E-state index contributed by atoms with van der Waals surface area (Å²) in [6.07, 6.45) is 3.76. The Balaban J connectivity index is 2.01. The number of aromatic nitrogens is 2. The molecule has 0 saturated heterocycles. The maximum absolute atomic E-state index is 4.63. The van der Waals surface area contributed by atoms with Gasteiger partial charge in [0.1, 0.15) is 5.82 Å². The van der Waals surface area contributed by atoms with E-state index >= 15 is 0 Å². The summed E-state index contributed by atoms with van der Waals surface area (Å²) in [6.45, 7) is 6.64. The van der Waals surface area contributed by atoms with Gasteiger partial charge in [0.05, 0.1) is 17.1 Å². The number of nitrogens with one attached hydrogen (secondary N) is 2. The Kier molecular flexibility index (Phi) is 4.37. The lowest BCUT2D eigenvalue weighted by Gasteiger charge is -2.18. The Labute approximate surface area is 109 Å². The molecule has 1 aromatic heterocycles. The van der Waals surface area contributed by atoms with Crippen LogP contribution >= 0.6 is 0 Å². The topological polar surface area (TPSA) is 40.7 Å². The van der Waals surface area contributed by atoms with Gasteiger partial charge in [-0.15, -0.1) is 0 Å². The summed E-state index contributed by atoms with van der Waals surface area (Å²) >= 11 is 0. The molecule has 0 aliphatic carbocycles. The molecule has 0 saturated carbocycles. The predicted molar refractivity (Wildman–Crippen MR) is 76.6 cm³/mol. The smallest absolute Gasteiger partial charge is 0.124 e. The molecular weight excluding hydrogens is 222 g/mol. The van der Waals surface area contributed by atoms with Crippen molar-refractivity contribution in [1.29, 1.82) is 0 Å². The van der Waals surface area contributed by atoms with Gasteiger partial charge in [-0.3, -0.25) is 0 Å². The average molecular weight is 245 g/mol. The summed E-state index contributed by atoms with van der Waals surface area (Å²) in [6, 6.07) is 8.97. The van der Waals surface area contributed by atoms with E-state index in [4.69, 9.17) is 0 Å². The average Bonchev–Trinajstić information content (AvgIpc) is 2.80. The number of benzene rings is 1. The Morgan fingerprint density at radius 3 is 2.78 bits per heavy atom. The van der Waals surface area contributed by atoms with Crippen LogP contribution in [0, 0.1) is 0 Å². The second-order valence-corrected chi connectivity index (χ2v) is 5.07. The maximum atomic E-state index is 4.63. The van der Waals surface area contributed by atoms with Crippen LogP contribution in [0.5, 0.6) is 0 Å². The normalized spacial score (nSPS) is 14.8. The number of aromatic amines is 1. The van der Waals surface area contributed by atoms with Gasteiger partial charge in [-0.2, -0.15) is 0 Å². The van der Waals surface area contributed by atoms with Crippen molar-refractivity contribution >= 4 is 11.0 Å². The first kappa shape index (κ1) is 13.1. The van der Waals surface area contributed by atoms with E-state index in [2.05, 4.69) is 42.1 Å². The molecule has 0 amide bonds. The number of fused-ring (bicyclic) bond motifs is 1. The van der Waals surface area contributed by atoms with Gasteiger partial charge in [-0.1, -0.05) is 31.9 Å². The standard InChI is InChI=1S/C15H23N3/c1-4-5-8-11(2)16-12(3)15-17-13-9-6-7-10-14(13)18-15/h6-7,9-12,16H,4-5,8H2,1-3H3,(H,17,18). The minimum atomic E-state index is 0.268. The Morgan fingerprint density at radius 2 is 2.06 bits per heavy atom. The van der Waals surface area contributed by atoms with Crippen LogP contribution in [-0.2, 0) is 0 Å². The second kappa shape index (κ2) is 6.01. The van der Waals surface area contributed by atoms with Crippen LogP contribution < -0.4 is 5.32 Å². The highest BCUT2D eigenvalue weighted by Gasteiger charge is 2.12. The van der Waals surface area contributed by atoms with Crippen LogP contribution in [0.15, 0.2) is 24.3 Å². The lowest BCUT2D eigenvalue weighted by atomic mass is 10.1. The predicted octanol–water partition coefficient (Wildman–Crippen LogP) is 3.79. The molecule has 0 bridgehead atoms. The number of hydrogen-bond donors (Lipinski definition) is 2. The van der Waals surface area contributed by atoms with Gasteiger partial charge in [0.15, 0.2) is 0 Å². The van der Waals surface area contributed by atoms with Gasteiger partial charge in [-0.25, -0.2) is 4.98 Å². The molecule has 0 radical (unpaired) electrons. The van der Waals surface area contributed by atoms with Gasteiger partial charge < -0.3 is 10.3 Å². The van der Waals surface area contributed by atoms with Gasteiger partial charge in [0.2, 0.25) is 0 Å². The van der Waals surface area contributed by atoms with Gasteiger partial charge >= 0.3 is 0 Å². The second-order valence-electron chi connectivity index (χ2n) is 5.07. The number of unbranched alkanes of at least 4 members (excludes halogenated alkanes) is 1. The minimum absolute atomic E-state index is 0.268. The number of hydrogen-bond acceptors (Lipinski definition) is 2. The summed E-state index contributed by atoms with van der Waals surface area (Å²) < 4.78 is 0. The highest BCUT2D eigenvalue weighted by atomic mass is 15.0. The van der Waals surface area contributed by atoms with E-state index in [1.54, 1.807) is 0 Å². The van der Waals surface area contributed by atoms with Crippen molar-refractivity contribution in [2.75, 3.05) is 0 Å². The summed E-state index contributed by atoms with van der Waals surface area (Å²) in [5, 5.41) is 3.60. The van der Waals surface area contributed by atoms with E-state index in [1.165, 1.54) is 19.3 Å². The van der Waals surface area contributed by atoms with E-state index in [-0.39, 0.29) is 6.04 Å². The summed E-state index contributed by atoms with van der Waals surface area (Å²) in [5.74, 6) is 1.03. The lowest BCUT2D eigenvalue weighted by Crippen LogP contribution is -2.29. The molecule has 2 aromatic rings. The molecule has 3 nitrogen and oxygen atoms in total. The number of para-hydroxylation sites is 2. The molecule has 2 atom stereocenters. The zero-order valence-corrected chi connectivity index (χ0v) is 11.5. The van der Waals surface area contributed by atoms with Crippen molar-refractivity contribution < 1.29 is 0 Å². The van der Waals surface area contributed by atoms with Crippen molar-refractivity contribution in [2.24, 2.45) is 0 Å². The van der Waals surface area contributed by atoms with Gasteiger partial charge in [0, 0.05) is 6.04 Å².